The number of fused-ring (bicyclic) bond motifs is 7. The van der Waals surface area contributed by atoms with Crippen LogP contribution < -0.4 is 9.80 Å². The lowest BCUT2D eigenvalue weighted by Gasteiger charge is -2.51. The van der Waals surface area contributed by atoms with Crippen LogP contribution in [0.5, 0.6) is 0 Å². The highest BCUT2D eigenvalue weighted by atomic mass is 15.5. The minimum absolute atomic E-state index is 0.142. The Balaban J connectivity index is 1.86. The highest BCUT2D eigenvalue weighted by molar-refractivity contribution is 6.03. The topological polar surface area (TPSA) is 19.4 Å². The predicted octanol–water partition coefficient (Wildman–Crippen LogP) is 6.24. The molecule has 1 aromatic heterocycles. The van der Waals surface area contributed by atoms with Crippen molar-refractivity contribution in [3.05, 3.63) is 60.3 Å². The Hall–Kier alpha value is -2.55. The molecule has 2 aliphatic rings. The van der Waals surface area contributed by atoms with Crippen LogP contribution in [-0.4, -0.2) is 17.2 Å². The van der Waals surface area contributed by atoms with Crippen LogP contribution in [0.4, 0.5) is 17.2 Å². The molecule has 3 nitrogen and oxygen atoms in total. The largest absolute Gasteiger partial charge is 0.345 e. The number of hydrogen-bond acceptors (Lipinski definition) is 3. The summed E-state index contributed by atoms with van der Waals surface area (Å²) in [4.78, 5) is 10.1. The van der Waals surface area contributed by atoms with Crippen LogP contribution >= 0.6 is 0 Å². The summed E-state index contributed by atoms with van der Waals surface area (Å²) in [7, 11) is 0. The van der Waals surface area contributed by atoms with Crippen molar-refractivity contribution >= 4 is 28.0 Å². The summed E-state index contributed by atoms with van der Waals surface area (Å²) in [5, 5.41) is 2.52. The first-order chi connectivity index (χ1) is 13.5. The van der Waals surface area contributed by atoms with Crippen molar-refractivity contribution < 1.29 is 0 Å². The van der Waals surface area contributed by atoms with Gasteiger partial charge in [-0.3, -0.25) is 0 Å². The summed E-state index contributed by atoms with van der Waals surface area (Å²) in [5.74, 6) is 1.58. The van der Waals surface area contributed by atoms with E-state index < -0.39 is 0 Å². The molecule has 2 aromatic carbocycles. The molecule has 28 heavy (non-hydrogen) atoms. The molecule has 2 aliphatic heterocycles. The van der Waals surface area contributed by atoms with E-state index in [0.29, 0.717) is 12.0 Å². The summed E-state index contributed by atoms with van der Waals surface area (Å²) in [5.41, 5.74) is 4.21. The van der Waals surface area contributed by atoms with Gasteiger partial charge >= 0.3 is 0 Å². The summed E-state index contributed by atoms with van der Waals surface area (Å²) in [6.45, 7) is 11.8. The summed E-state index contributed by atoms with van der Waals surface area (Å²) < 4.78 is 0. The lowest BCUT2D eigenvalue weighted by Crippen LogP contribution is -2.57. The zero-order valence-electron chi connectivity index (χ0n) is 17.5. The van der Waals surface area contributed by atoms with Crippen LogP contribution in [0.3, 0.4) is 0 Å². The molecule has 144 valence electrons. The fourth-order valence-electron chi connectivity index (χ4n) is 5.49. The van der Waals surface area contributed by atoms with E-state index in [0.717, 1.165) is 12.2 Å². The smallest absolute Gasteiger partial charge is 0.159 e. The Bertz CT molecular complexity index is 1060. The maximum Gasteiger partial charge on any atom is 0.159 e. The number of nitrogens with zero attached hydrogens (tertiary/aromatic N) is 3. The first kappa shape index (κ1) is 17.5. The molecule has 0 saturated heterocycles. The number of anilines is 3. The normalized spacial score (nSPS) is 25.8. The van der Waals surface area contributed by atoms with Gasteiger partial charge in [0.15, 0.2) is 5.82 Å². The molecule has 3 aromatic rings. The number of aromatic nitrogens is 1. The maximum atomic E-state index is 5.00. The molecule has 0 amide bonds. The van der Waals surface area contributed by atoms with Crippen molar-refractivity contribution in [1.82, 2.24) is 4.98 Å². The molecule has 0 spiro atoms. The second-order valence-corrected chi connectivity index (χ2v) is 8.88. The van der Waals surface area contributed by atoms with Gasteiger partial charge in [-0.25, -0.2) is 4.98 Å². The minimum atomic E-state index is 0.142. The molecule has 0 N–H and O–H groups in total. The molecule has 0 aliphatic carbocycles. The van der Waals surface area contributed by atoms with E-state index >= 15 is 0 Å². The van der Waals surface area contributed by atoms with Crippen molar-refractivity contribution in [3.63, 3.8) is 0 Å². The van der Waals surface area contributed by atoms with Gasteiger partial charge in [-0.1, -0.05) is 63.2 Å². The summed E-state index contributed by atoms with van der Waals surface area (Å²) in [6.07, 6.45) is 3.45. The summed E-state index contributed by atoms with van der Waals surface area (Å²) >= 11 is 0. The molecule has 0 bridgehead atoms. The van der Waals surface area contributed by atoms with Gasteiger partial charge < -0.3 is 9.80 Å². The van der Waals surface area contributed by atoms with Gasteiger partial charge in [0, 0.05) is 40.0 Å². The van der Waals surface area contributed by atoms with Gasteiger partial charge in [0.05, 0.1) is 5.69 Å². The van der Waals surface area contributed by atoms with E-state index in [1.807, 2.05) is 6.20 Å². The Labute approximate surface area is 168 Å². The molecule has 5 rings (SSSR count). The van der Waals surface area contributed by atoms with Gasteiger partial charge in [-0.2, -0.15) is 0 Å². The van der Waals surface area contributed by atoms with Crippen LogP contribution in [0, 0.1) is 5.92 Å². The molecule has 3 unspecified atom stereocenters. The molecule has 3 atom stereocenters. The van der Waals surface area contributed by atoms with E-state index in [-0.39, 0.29) is 11.6 Å². The first-order valence-corrected chi connectivity index (χ1v) is 10.5. The average Bonchev–Trinajstić information content (AvgIpc) is 3.08. The number of rotatable bonds is 2. The Kier molecular flexibility index (Phi) is 3.74. The number of benzene rings is 2. The van der Waals surface area contributed by atoms with Gasteiger partial charge in [0.25, 0.3) is 0 Å². The van der Waals surface area contributed by atoms with E-state index in [9.17, 15) is 0 Å². The van der Waals surface area contributed by atoms with Gasteiger partial charge in [-0.15, -0.1) is 0 Å². The SMILES string of the molecule is CCC1(C)c2ccccc2N2c3ncc4ccccc4c3N(C(C)C)C2C1C. The van der Waals surface area contributed by atoms with Gasteiger partial charge in [0.2, 0.25) is 0 Å². The Morgan fingerprint density at radius 1 is 1.07 bits per heavy atom. The number of pyridine rings is 1. The van der Waals surface area contributed by atoms with E-state index in [1.54, 1.807) is 0 Å². The molecular weight excluding hydrogens is 342 g/mol. The van der Waals surface area contributed by atoms with Crippen LogP contribution in [0.25, 0.3) is 10.8 Å². The zero-order valence-corrected chi connectivity index (χ0v) is 17.5. The van der Waals surface area contributed by atoms with Crippen molar-refractivity contribution in [2.45, 2.75) is 58.7 Å². The van der Waals surface area contributed by atoms with Crippen molar-refractivity contribution in [1.29, 1.82) is 0 Å². The fraction of sp³-hybridized carbons (Fsp3) is 0.400. The first-order valence-electron chi connectivity index (χ1n) is 10.5. The molecule has 0 fully saturated rings. The van der Waals surface area contributed by atoms with Crippen molar-refractivity contribution in [2.75, 3.05) is 9.80 Å². The number of hydrogen-bond donors (Lipinski definition) is 0. The van der Waals surface area contributed by atoms with Crippen LogP contribution in [0.1, 0.15) is 46.6 Å². The number of para-hydroxylation sites is 1. The van der Waals surface area contributed by atoms with Crippen molar-refractivity contribution in [2.24, 2.45) is 5.92 Å². The highest BCUT2D eigenvalue weighted by Gasteiger charge is 2.53. The third kappa shape index (κ3) is 2.08. The van der Waals surface area contributed by atoms with E-state index in [2.05, 4.69) is 92.9 Å². The lowest BCUT2D eigenvalue weighted by atomic mass is 9.66. The molecular formula is C25H29N3. The monoisotopic (exact) mass is 371 g/mol. The van der Waals surface area contributed by atoms with Crippen LogP contribution in [0.15, 0.2) is 54.7 Å². The Morgan fingerprint density at radius 3 is 2.54 bits per heavy atom. The molecule has 0 radical (unpaired) electrons. The van der Waals surface area contributed by atoms with Gasteiger partial charge in [-0.05, 0) is 31.9 Å². The van der Waals surface area contributed by atoms with E-state index in [4.69, 9.17) is 4.98 Å². The molecule has 3 heterocycles. The lowest BCUT2D eigenvalue weighted by molar-refractivity contribution is 0.237. The fourth-order valence-corrected chi connectivity index (χ4v) is 5.49. The van der Waals surface area contributed by atoms with Gasteiger partial charge in [0.1, 0.15) is 6.17 Å². The average molecular weight is 372 g/mol. The second-order valence-electron chi connectivity index (χ2n) is 8.88. The predicted molar refractivity (Wildman–Crippen MR) is 119 cm³/mol. The third-order valence-corrected chi connectivity index (χ3v) is 7.31. The standard InChI is InChI=1S/C25H29N3/c1-6-25(5)17(4)24-27(16(2)3)22-19-12-8-7-11-18(19)15-26-23(22)28(24)21-14-10-9-13-20(21)25/h7-17,24H,6H2,1-5H3. The quantitative estimate of drug-likeness (QED) is 0.531. The molecule has 3 heteroatoms. The third-order valence-electron chi connectivity index (χ3n) is 7.31. The maximum absolute atomic E-state index is 5.00. The van der Waals surface area contributed by atoms with Crippen LogP contribution in [-0.2, 0) is 5.41 Å². The Morgan fingerprint density at radius 2 is 1.79 bits per heavy atom. The minimum Gasteiger partial charge on any atom is -0.345 e. The van der Waals surface area contributed by atoms with E-state index in [1.165, 1.54) is 27.7 Å². The zero-order chi connectivity index (χ0) is 19.6. The van der Waals surface area contributed by atoms with Crippen LogP contribution in [0.2, 0.25) is 0 Å². The summed E-state index contributed by atoms with van der Waals surface area (Å²) in [6, 6.07) is 18.0. The molecule has 0 saturated carbocycles. The second kappa shape index (κ2) is 5.97. The van der Waals surface area contributed by atoms with Crippen molar-refractivity contribution in [3.8, 4) is 0 Å². The highest BCUT2D eigenvalue weighted by Crippen LogP contribution is 2.57.